The number of hydrogen-bond donors (Lipinski definition) is 4. The summed E-state index contributed by atoms with van der Waals surface area (Å²) in [6, 6.07) is 9.28. The second-order valence-corrected chi connectivity index (χ2v) is 5.83. The molecule has 0 bridgehead atoms. The number of anilines is 1. The van der Waals surface area contributed by atoms with E-state index in [0.29, 0.717) is 17.0 Å². The molecule has 1 saturated heterocycles. The van der Waals surface area contributed by atoms with E-state index in [4.69, 9.17) is 10.5 Å². The van der Waals surface area contributed by atoms with E-state index < -0.39 is 31.1 Å². The van der Waals surface area contributed by atoms with E-state index in [-0.39, 0.29) is 5.82 Å². The van der Waals surface area contributed by atoms with Crippen molar-refractivity contribution in [3.05, 3.63) is 36.7 Å². The summed E-state index contributed by atoms with van der Waals surface area (Å²) in [6.07, 6.45) is -3.06. The van der Waals surface area contributed by atoms with Gasteiger partial charge >= 0.3 is 0 Å². The van der Waals surface area contributed by atoms with Gasteiger partial charge in [-0.15, -0.1) is 0 Å². The van der Waals surface area contributed by atoms with Crippen molar-refractivity contribution in [2.24, 2.45) is 0 Å². The van der Waals surface area contributed by atoms with E-state index in [1.807, 2.05) is 30.3 Å². The average molecular weight is 343 g/mol. The first-order valence-electron chi connectivity index (χ1n) is 7.78. The second kappa shape index (κ2) is 6.05. The molecule has 1 aliphatic heterocycles. The lowest BCUT2D eigenvalue weighted by Gasteiger charge is -2.19. The molecule has 1 aliphatic rings. The number of hydrogen-bond acceptors (Lipinski definition) is 8. The van der Waals surface area contributed by atoms with Crippen molar-refractivity contribution in [2.45, 2.75) is 24.5 Å². The predicted molar refractivity (Wildman–Crippen MR) is 88.2 cm³/mol. The highest BCUT2D eigenvalue weighted by Gasteiger charge is 2.45. The standard InChI is InChI=1S/C16H17N5O4/c17-13-10-15(19-7-18-13)21(14(20-10)8-4-2-1-3-5-8)16-12(24)11(23)9(6-22)25-16/h1-5,7,9,11-12,16,22-24H,6H2,(H2,17,18,19)/t9?,11-,12-,16?/m0/s1. The van der Waals surface area contributed by atoms with Crippen LogP contribution in [0.25, 0.3) is 22.6 Å². The second-order valence-electron chi connectivity index (χ2n) is 5.83. The summed E-state index contributed by atoms with van der Waals surface area (Å²) in [6.45, 7) is -0.418. The molecule has 0 radical (unpaired) electrons. The number of nitrogens with zero attached hydrogens (tertiary/aromatic N) is 4. The molecule has 9 nitrogen and oxygen atoms in total. The minimum Gasteiger partial charge on any atom is -0.394 e. The fraction of sp³-hybridized carbons (Fsp3) is 0.312. The summed E-state index contributed by atoms with van der Waals surface area (Å²) in [5.41, 5.74) is 7.42. The molecule has 130 valence electrons. The van der Waals surface area contributed by atoms with Gasteiger partial charge in [-0.25, -0.2) is 15.0 Å². The smallest absolute Gasteiger partial charge is 0.168 e. The molecule has 2 unspecified atom stereocenters. The summed E-state index contributed by atoms with van der Waals surface area (Å²) < 4.78 is 7.24. The maximum atomic E-state index is 10.4. The van der Waals surface area contributed by atoms with Crippen molar-refractivity contribution >= 4 is 17.0 Å². The number of benzene rings is 1. The van der Waals surface area contributed by atoms with Gasteiger partial charge in [-0.2, -0.15) is 0 Å². The molecule has 0 spiro atoms. The van der Waals surface area contributed by atoms with Gasteiger partial charge in [0, 0.05) is 5.56 Å². The number of ether oxygens (including phenoxy) is 1. The predicted octanol–water partition coefficient (Wildman–Crippen LogP) is -0.313. The zero-order chi connectivity index (χ0) is 17.6. The number of fused-ring (bicyclic) bond motifs is 1. The Morgan fingerprint density at radius 1 is 1.12 bits per heavy atom. The monoisotopic (exact) mass is 343 g/mol. The summed E-state index contributed by atoms with van der Waals surface area (Å²) in [7, 11) is 0. The van der Waals surface area contributed by atoms with Crippen LogP contribution in [0.4, 0.5) is 5.82 Å². The van der Waals surface area contributed by atoms with E-state index in [2.05, 4.69) is 15.0 Å². The molecule has 2 aromatic heterocycles. The third kappa shape index (κ3) is 2.45. The Kier molecular flexibility index (Phi) is 3.85. The molecule has 3 aromatic rings. The summed E-state index contributed by atoms with van der Waals surface area (Å²) in [5, 5.41) is 29.9. The van der Waals surface area contributed by atoms with Crippen LogP contribution >= 0.6 is 0 Å². The quantitative estimate of drug-likeness (QED) is 0.508. The number of nitrogens with two attached hydrogens (primary N) is 1. The first kappa shape index (κ1) is 15.9. The normalized spacial score (nSPS) is 26.4. The zero-order valence-corrected chi connectivity index (χ0v) is 13.1. The van der Waals surface area contributed by atoms with Crippen LogP contribution in [-0.4, -0.2) is 59.8 Å². The Labute approximate surface area is 142 Å². The first-order chi connectivity index (χ1) is 12.1. The Morgan fingerprint density at radius 2 is 1.88 bits per heavy atom. The summed E-state index contributed by atoms with van der Waals surface area (Å²) in [5.74, 6) is 0.672. The lowest BCUT2D eigenvalue weighted by molar-refractivity contribution is -0.0503. The number of aliphatic hydroxyl groups excluding tert-OH is 3. The number of rotatable bonds is 3. The molecule has 4 atom stereocenters. The van der Waals surface area contributed by atoms with Crippen LogP contribution in [-0.2, 0) is 4.74 Å². The summed E-state index contributed by atoms with van der Waals surface area (Å²) in [4.78, 5) is 12.7. The average Bonchev–Trinajstić information content (AvgIpc) is 3.15. The molecule has 25 heavy (non-hydrogen) atoms. The van der Waals surface area contributed by atoms with Gasteiger partial charge in [0.15, 0.2) is 23.2 Å². The van der Waals surface area contributed by atoms with Crippen LogP contribution < -0.4 is 5.73 Å². The van der Waals surface area contributed by atoms with E-state index in [1.165, 1.54) is 6.33 Å². The van der Waals surface area contributed by atoms with Crippen LogP contribution in [0.15, 0.2) is 36.7 Å². The molecular weight excluding hydrogens is 326 g/mol. The molecular formula is C16H17N5O4. The van der Waals surface area contributed by atoms with E-state index in [0.717, 1.165) is 5.56 Å². The van der Waals surface area contributed by atoms with Gasteiger partial charge in [-0.05, 0) is 0 Å². The lowest BCUT2D eigenvalue weighted by Crippen LogP contribution is -2.33. The number of aromatic nitrogens is 4. The fourth-order valence-electron chi connectivity index (χ4n) is 3.05. The maximum absolute atomic E-state index is 10.4. The van der Waals surface area contributed by atoms with Crippen molar-refractivity contribution in [2.75, 3.05) is 12.3 Å². The van der Waals surface area contributed by atoms with Gasteiger partial charge in [0.25, 0.3) is 0 Å². The van der Waals surface area contributed by atoms with Gasteiger partial charge in [-0.1, -0.05) is 30.3 Å². The van der Waals surface area contributed by atoms with Gasteiger partial charge in [0.05, 0.1) is 6.61 Å². The Bertz CT molecular complexity index is 900. The molecule has 9 heteroatoms. The van der Waals surface area contributed by atoms with Gasteiger partial charge in [-0.3, -0.25) is 4.57 Å². The van der Waals surface area contributed by atoms with Gasteiger partial charge in [0.2, 0.25) is 0 Å². The third-order valence-electron chi connectivity index (χ3n) is 4.31. The lowest BCUT2D eigenvalue weighted by atomic mass is 10.1. The van der Waals surface area contributed by atoms with E-state index >= 15 is 0 Å². The van der Waals surface area contributed by atoms with Crippen molar-refractivity contribution in [1.82, 2.24) is 19.5 Å². The highest BCUT2D eigenvalue weighted by atomic mass is 16.6. The Balaban J connectivity index is 1.94. The van der Waals surface area contributed by atoms with Crippen LogP contribution in [0.1, 0.15) is 6.23 Å². The largest absolute Gasteiger partial charge is 0.394 e. The number of aliphatic hydroxyl groups is 3. The number of imidazole rings is 1. The minimum absolute atomic E-state index is 0.202. The Hall–Kier alpha value is -2.59. The highest BCUT2D eigenvalue weighted by molar-refractivity contribution is 5.85. The Morgan fingerprint density at radius 3 is 2.56 bits per heavy atom. The first-order valence-corrected chi connectivity index (χ1v) is 7.78. The van der Waals surface area contributed by atoms with Crippen molar-refractivity contribution in [3.63, 3.8) is 0 Å². The van der Waals surface area contributed by atoms with Gasteiger partial charge in [0.1, 0.15) is 30.5 Å². The van der Waals surface area contributed by atoms with Crippen LogP contribution in [0.3, 0.4) is 0 Å². The SMILES string of the molecule is Nc1ncnc2c1nc(-c1ccccc1)n2C1OC(CO)[C@H](O)[C@@H]1O. The third-order valence-corrected chi connectivity index (χ3v) is 4.31. The van der Waals surface area contributed by atoms with Crippen LogP contribution in [0, 0.1) is 0 Å². The number of nitrogen functional groups attached to an aromatic ring is 1. The molecule has 1 fully saturated rings. The minimum atomic E-state index is -1.26. The van der Waals surface area contributed by atoms with Gasteiger partial charge < -0.3 is 25.8 Å². The van der Waals surface area contributed by atoms with Crippen LogP contribution in [0.2, 0.25) is 0 Å². The molecule has 0 aliphatic carbocycles. The van der Waals surface area contributed by atoms with Crippen molar-refractivity contribution in [3.8, 4) is 11.4 Å². The van der Waals surface area contributed by atoms with E-state index in [9.17, 15) is 15.3 Å². The topological polar surface area (TPSA) is 140 Å². The fourth-order valence-corrected chi connectivity index (χ4v) is 3.05. The maximum Gasteiger partial charge on any atom is 0.168 e. The molecule has 0 saturated carbocycles. The highest BCUT2D eigenvalue weighted by Crippen LogP contribution is 2.36. The van der Waals surface area contributed by atoms with Crippen molar-refractivity contribution in [1.29, 1.82) is 0 Å². The molecule has 5 N–H and O–H groups in total. The van der Waals surface area contributed by atoms with Crippen LogP contribution in [0.5, 0.6) is 0 Å². The molecule has 3 heterocycles. The zero-order valence-electron chi connectivity index (χ0n) is 13.1. The van der Waals surface area contributed by atoms with E-state index in [1.54, 1.807) is 4.57 Å². The molecule has 4 rings (SSSR count). The summed E-state index contributed by atoms with van der Waals surface area (Å²) >= 11 is 0. The molecule has 1 aromatic carbocycles. The van der Waals surface area contributed by atoms with Crippen molar-refractivity contribution < 1.29 is 20.1 Å². The molecule has 0 amide bonds.